The van der Waals surface area contributed by atoms with Crippen LogP contribution < -0.4 is 10.2 Å². The molecule has 18 heavy (non-hydrogen) atoms. The number of hydrogen-bond acceptors (Lipinski definition) is 3. The van der Waals surface area contributed by atoms with Gasteiger partial charge in [-0.3, -0.25) is 0 Å². The van der Waals surface area contributed by atoms with Gasteiger partial charge in [-0.15, -0.1) is 0 Å². The van der Waals surface area contributed by atoms with Crippen molar-refractivity contribution in [3.05, 3.63) is 23.9 Å². The lowest BCUT2D eigenvalue weighted by atomic mass is 10.2. The number of hydrogen-bond donors (Lipinski definition) is 1. The van der Waals surface area contributed by atoms with E-state index in [0.717, 1.165) is 24.9 Å². The molecule has 1 aliphatic rings. The van der Waals surface area contributed by atoms with Crippen LogP contribution in [-0.2, 0) is 6.54 Å². The van der Waals surface area contributed by atoms with Crippen molar-refractivity contribution < 1.29 is 0 Å². The van der Waals surface area contributed by atoms with Crippen LogP contribution in [0.1, 0.15) is 45.6 Å². The fourth-order valence-electron chi connectivity index (χ4n) is 2.16. The third-order valence-corrected chi connectivity index (χ3v) is 3.27. The molecule has 1 aromatic rings. The van der Waals surface area contributed by atoms with Crippen LogP contribution in [-0.4, -0.2) is 23.6 Å². The number of anilines is 1. The van der Waals surface area contributed by atoms with Crippen molar-refractivity contribution in [3.63, 3.8) is 0 Å². The molecule has 0 radical (unpaired) electrons. The van der Waals surface area contributed by atoms with Crippen molar-refractivity contribution in [3.8, 4) is 0 Å². The van der Waals surface area contributed by atoms with Gasteiger partial charge in [0.15, 0.2) is 0 Å². The van der Waals surface area contributed by atoms with E-state index in [-0.39, 0.29) is 0 Å². The van der Waals surface area contributed by atoms with E-state index < -0.39 is 0 Å². The van der Waals surface area contributed by atoms with Crippen LogP contribution in [0.3, 0.4) is 0 Å². The molecule has 1 saturated carbocycles. The summed E-state index contributed by atoms with van der Waals surface area (Å²) in [5.74, 6) is 1.16. The van der Waals surface area contributed by atoms with Crippen molar-refractivity contribution in [2.45, 2.75) is 58.7 Å². The van der Waals surface area contributed by atoms with Gasteiger partial charge in [0, 0.05) is 31.4 Å². The Labute approximate surface area is 111 Å². The van der Waals surface area contributed by atoms with E-state index in [9.17, 15) is 0 Å². The molecule has 0 bridgehead atoms. The zero-order chi connectivity index (χ0) is 13.0. The lowest BCUT2D eigenvalue weighted by molar-refractivity contribution is 0.588. The zero-order valence-corrected chi connectivity index (χ0v) is 11.8. The van der Waals surface area contributed by atoms with Crippen molar-refractivity contribution in [1.29, 1.82) is 0 Å². The number of nitrogens with zero attached hydrogens (tertiary/aromatic N) is 2. The van der Waals surface area contributed by atoms with Crippen LogP contribution in [0.2, 0.25) is 0 Å². The van der Waals surface area contributed by atoms with Gasteiger partial charge in [0.1, 0.15) is 5.82 Å². The third-order valence-electron chi connectivity index (χ3n) is 3.27. The Morgan fingerprint density at radius 3 is 2.83 bits per heavy atom. The molecule has 1 N–H and O–H groups in total. The average molecular weight is 247 g/mol. The molecule has 0 aromatic carbocycles. The second-order valence-corrected chi connectivity index (χ2v) is 5.48. The lowest BCUT2D eigenvalue weighted by Crippen LogP contribution is -2.28. The third kappa shape index (κ3) is 3.70. The molecular weight excluding hydrogens is 222 g/mol. The fraction of sp³-hybridized carbons (Fsp3) is 0.667. The van der Waals surface area contributed by atoms with Gasteiger partial charge >= 0.3 is 0 Å². The Morgan fingerprint density at radius 1 is 1.44 bits per heavy atom. The van der Waals surface area contributed by atoms with Gasteiger partial charge in [-0.25, -0.2) is 4.98 Å². The van der Waals surface area contributed by atoms with Crippen molar-refractivity contribution in [1.82, 2.24) is 10.3 Å². The summed E-state index contributed by atoms with van der Waals surface area (Å²) in [6, 6.07) is 5.61. The maximum absolute atomic E-state index is 4.54. The highest BCUT2D eigenvalue weighted by Gasteiger charge is 2.29. The molecule has 1 heterocycles. The topological polar surface area (TPSA) is 28.2 Å². The largest absolute Gasteiger partial charge is 0.354 e. The maximum atomic E-state index is 4.54. The van der Waals surface area contributed by atoms with Crippen molar-refractivity contribution in [2.24, 2.45) is 0 Å². The van der Waals surface area contributed by atoms with E-state index in [2.05, 4.69) is 48.1 Å². The highest BCUT2D eigenvalue weighted by molar-refractivity contribution is 5.43. The second-order valence-electron chi connectivity index (χ2n) is 5.48. The number of nitrogens with one attached hydrogen (secondary N) is 1. The molecule has 0 amide bonds. The van der Waals surface area contributed by atoms with Gasteiger partial charge < -0.3 is 10.2 Å². The van der Waals surface area contributed by atoms with Crippen LogP contribution in [0.4, 0.5) is 5.82 Å². The van der Waals surface area contributed by atoms with Crippen LogP contribution in [0.15, 0.2) is 18.3 Å². The first-order valence-corrected chi connectivity index (χ1v) is 7.15. The zero-order valence-electron chi connectivity index (χ0n) is 11.8. The monoisotopic (exact) mass is 247 g/mol. The SMILES string of the molecule is CCCN(c1cc(CNC(C)C)ccn1)C1CC1. The molecule has 100 valence electrons. The molecule has 3 heteroatoms. The summed E-state index contributed by atoms with van der Waals surface area (Å²) < 4.78 is 0. The Kier molecular flexibility index (Phi) is 4.59. The van der Waals surface area contributed by atoms with Crippen LogP contribution >= 0.6 is 0 Å². The van der Waals surface area contributed by atoms with Crippen molar-refractivity contribution in [2.75, 3.05) is 11.4 Å². The molecule has 1 fully saturated rings. The van der Waals surface area contributed by atoms with Gasteiger partial charge in [-0.2, -0.15) is 0 Å². The first-order valence-electron chi connectivity index (χ1n) is 7.15. The molecule has 0 saturated heterocycles. The molecule has 0 unspecified atom stereocenters. The number of aromatic nitrogens is 1. The maximum Gasteiger partial charge on any atom is 0.129 e. The predicted octanol–water partition coefficient (Wildman–Crippen LogP) is 2.96. The average Bonchev–Trinajstić information content (AvgIpc) is 3.18. The summed E-state index contributed by atoms with van der Waals surface area (Å²) in [5.41, 5.74) is 1.33. The van der Waals surface area contributed by atoms with E-state index in [0.29, 0.717) is 6.04 Å². The van der Waals surface area contributed by atoms with Gasteiger partial charge in [-0.1, -0.05) is 20.8 Å². The Balaban J connectivity index is 2.04. The molecule has 0 spiro atoms. The summed E-state index contributed by atoms with van der Waals surface area (Å²) in [6.45, 7) is 8.64. The lowest BCUT2D eigenvalue weighted by Gasteiger charge is -2.23. The standard InChI is InChI=1S/C15H25N3/c1-4-9-18(14-5-6-14)15-10-13(7-8-16-15)11-17-12(2)3/h7-8,10,12,14,17H,4-6,9,11H2,1-3H3. The summed E-state index contributed by atoms with van der Waals surface area (Å²) in [6.07, 6.45) is 5.79. The highest BCUT2D eigenvalue weighted by atomic mass is 15.2. The Hall–Kier alpha value is -1.09. The Morgan fingerprint density at radius 2 is 2.22 bits per heavy atom. The second kappa shape index (κ2) is 6.19. The van der Waals surface area contributed by atoms with E-state index >= 15 is 0 Å². The van der Waals surface area contributed by atoms with Crippen LogP contribution in [0.5, 0.6) is 0 Å². The fourth-order valence-corrected chi connectivity index (χ4v) is 2.16. The molecule has 1 aliphatic carbocycles. The van der Waals surface area contributed by atoms with Gasteiger partial charge in [0.25, 0.3) is 0 Å². The van der Waals surface area contributed by atoms with Crippen molar-refractivity contribution >= 4 is 5.82 Å². The van der Waals surface area contributed by atoms with E-state index in [1.165, 1.54) is 24.8 Å². The number of pyridine rings is 1. The van der Waals surface area contributed by atoms with E-state index in [1.807, 2.05) is 6.20 Å². The minimum atomic E-state index is 0.525. The summed E-state index contributed by atoms with van der Waals surface area (Å²) >= 11 is 0. The molecule has 2 rings (SSSR count). The molecule has 0 aliphatic heterocycles. The van der Waals surface area contributed by atoms with Gasteiger partial charge in [-0.05, 0) is 37.0 Å². The first-order chi connectivity index (χ1) is 8.70. The number of rotatable bonds is 7. The minimum Gasteiger partial charge on any atom is -0.354 e. The smallest absolute Gasteiger partial charge is 0.129 e. The normalized spacial score (nSPS) is 15.1. The molecule has 0 atom stereocenters. The summed E-state index contributed by atoms with van der Waals surface area (Å²) in [4.78, 5) is 7.02. The van der Waals surface area contributed by atoms with Crippen LogP contribution in [0.25, 0.3) is 0 Å². The van der Waals surface area contributed by atoms with Gasteiger partial charge in [0.05, 0.1) is 0 Å². The van der Waals surface area contributed by atoms with E-state index in [4.69, 9.17) is 0 Å². The highest BCUT2D eigenvalue weighted by Crippen LogP contribution is 2.30. The quantitative estimate of drug-likeness (QED) is 0.803. The Bertz CT molecular complexity index is 372. The van der Waals surface area contributed by atoms with E-state index in [1.54, 1.807) is 0 Å². The van der Waals surface area contributed by atoms with Crippen LogP contribution in [0, 0.1) is 0 Å². The van der Waals surface area contributed by atoms with Gasteiger partial charge in [0.2, 0.25) is 0 Å². The molecular formula is C15H25N3. The minimum absolute atomic E-state index is 0.525. The molecule has 1 aromatic heterocycles. The first kappa shape index (κ1) is 13.3. The molecule has 3 nitrogen and oxygen atoms in total. The summed E-state index contributed by atoms with van der Waals surface area (Å²) in [7, 11) is 0. The summed E-state index contributed by atoms with van der Waals surface area (Å²) in [5, 5.41) is 3.46. The predicted molar refractivity (Wildman–Crippen MR) is 76.9 cm³/mol.